The SMILES string of the molecule is O=C(CN1CCC(Oc2ccc(OC(F)(F)F)c(Cl)c2)CC1)N[C@@H]1COc2nc([N+](=O)[O-])cn2C1. The first-order chi connectivity index (χ1) is 16.6. The van der Waals surface area contributed by atoms with Crippen LogP contribution in [0.15, 0.2) is 24.4 Å². The highest BCUT2D eigenvalue weighted by atomic mass is 35.5. The van der Waals surface area contributed by atoms with E-state index < -0.39 is 17.0 Å². The van der Waals surface area contributed by atoms with Crippen molar-refractivity contribution in [3.8, 4) is 17.5 Å². The monoisotopic (exact) mass is 519 g/mol. The second kappa shape index (κ2) is 10.2. The number of nitro groups is 1. The smallest absolute Gasteiger partial charge is 0.490 e. The maximum absolute atomic E-state index is 12.5. The number of imidazole rings is 1. The zero-order valence-corrected chi connectivity index (χ0v) is 18.9. The van der Waals surface area contributed by atoms with Crippen molar-refractivity contribution in [1.29, 1.82) is 0 Å². The minimum atomic E-state index is -4.83. The van der Waals surface area contributed by atoms with E-state index in [0.29, 0.717) is 38.2 Å². The van der Waals surface area contributed by atoms with Crippen LogP contribution in [0.2, 0.25) is 5.02 Å². The van der Waals surface area contributed by atoms with E-state index in [1.165, 1.54) is 22.9 Å². The van der Waals surface area contributed by atoms with Gasteiger partial charge in [0, 0.05) is 24.1 Å². The molecule has 1 amide bonds. The van der Waals surface area contributed by atoms with E-state index >= 15 is 0 Å². The Hall–Kier alpha value is -3.26. The molecule has 11 nitrogen and oxygen atoms in total. The van der Waals surface area contributed by atoms with Gasteiger partial charge >= 0.3 is 18.2 Å². The quantitative estimate of drug-likeness (QED) is 0.438. The van der Waals surface area contributed by atoms with Gasteiger partial charge in [0.2, 0.25) is 5.91 Å². The van der Waals surface area contributed by atoms with Crippen LogP contribution < -0.4 is 19.5 Å². The molecule has 0 saturated carbocycles. The number of aromatic nitrogens is 2. The number of halogens is 4. The Labute approximate surface area is 201 Å². The fourth-order valence-electron chi connectivity index (χ4n) is 3.89. The van der Waals surface area contributed by atoms with E-state index in [9.17, 15) is 28.1 Å². The number of hydrogen-bond acceptors (Lipinski definition) is 8. The van der Waals surface area contributed by atoms with Crippen LogP contribution in [-0.4, -0.2) is 70.0 Å². The van der Waals surface area contributed by atoms with E-state index in [0.717, 1.165) is 6.07 Å². The average molecular weight is 520 g/mol. The third-order valence-electron chi connectivity index (χ3n) is 5.44. The zero-order chi connectivity index (χ0) is 25.2. The van der Waals surface area contributed by atoms with Gasteiger partial charge in [0.15, 0.2) is 0 Å². The van der Waals surface area contributed by atoms with Crippen molar-refractivity contribution >= 4 is 23.3 Å². The van der Waals surface area contributed by atoms with E-state index in [2.05, 4.69) is 15.0 Å². The molecule has 1 aromatic heterocycles. The number of carbonyl (C=O) groups excluding carboxylic acids is 1. The fourth-order valence-corrected chi connectivity index (χ4v) is 4.10. The van der Waals surface area contributed by atoms with Crippen molar-refractivity contribution in [3.05, 3.63) is 39.5 Å². The van der Waals surface area contributed by atoms with Gasteiger partial charge < -0.3 is 29.6 Å². The van der Waals surface area contributed by atoms with Gasteiger partial charge in [0.25, 0.3) is 0 Å². The van der Waals surface area contributed by atoms with Crippen molar-refractivity contribution < 1.29 is 37.1 Å². The number of alkyl halides is 3. The Morgan fingerprint density at radius 2 is 2.09 bits per heavy atom. The summed E-state index contributed by atoms with van der Waals surface area (Å²) in [4.78, 5) is 28.4. The summed E-state index contributed by atoms with van der Waals surface area (Å²) in [6.07, 6.45) is -2.52. The molecular weight excluding hydrogens is 499 g/mol. The van der Waals surface area contributed by atoms with E-state index in [1.54, 1.807) is 0 Å². The fraction of sp³-hybridized carbons (Fsp3) is 0.500. The molecule has 0 unspecified atom stereocenters. The number of ether oxygens (including phenoxy) is 3. The Bertz CT molecular complexity index is 1090. The van der Waals surface area contributed by atoms with Crippen molar-refractivity contribution in [2.24, 2.45) is 0 Å². The largest absolute Gasteiger partial charge is 0.573 e. The highest BCUT2D eigenvalue weighted by Crippen LogP contribution is 2.33. The molecule has 15 heteroatoms. The van der Waals surface area contributed by atoms with Gasteiger partial charge in [-0.05, 0) is 29.9 Å². The molecule has 1 N–H and O–H groups in total. The number of hydrogen-bond donors (Lipinski definition) is 1. The first-order valence-electron chi connectivity index (χ1n) is 10.6. The first kappa shape index (κ1) is 24.9. The number of amides is 1. The molecule has 35 heavy (non-hydrogen) atoms. The second-order valence-electron chi connectivity index (χ2n) is 8.10. The Kier molecular flexibility index (Phi) is 7.21. The van der Waals surface area contributed by atoms with Gasteiger partial charge in [0.05, 0.1) is 24.2 Å². The Balaban J connectivity index is 1.20. The number of nitrogens with one attached hydrogen (secondary N) is 1. The van der Waals surface area contributed by atoms with Crippen molar-refractivity contribution in [2.75, 3.05) is 26.2 Å². The maximum Gasteiger partial charge on any atom is 0.573 e. The van der Waals surface area contributed by atoms with Gasteiger partial charge in [-0.25, -0.2) is 0 Å². The normalized spacial score (nSPS) is 18.9. The molecule has 3 heterocycles. The lowest BCUT2D eigenvalue weighted by molar-refractivity contribution is -0.389. The zero-order valence-electron chi connectivity index (χ0n) is 18.2. The third-order valence-corrected chi connectivity index (χ3v) is 5.74. The summed E-state index contributed by atoms with van der Waals surface area (Å²) in [7, 11) is 0. The second-order valence-corrected chi connectivity index (χ2v) is 8.51. The maximum atomic E-state index is 12.5. The molecule has 190 valence electrons. The predicted octanol–water partition coefficient (Wildman–Crippen LogP) is 2.76. The number of rotatable bonds is 7. The molecule has 4 rings (SSSR count). The summed E-state index contributed by atoms with van der Waals surface area (Å²) in [5.41, 5.74) is 0. The van der Waals surface area contributed by atoms with E-state index in [4.69, 9.17) is 21.1 Å². The number of piperidine rings is 1. The minimum Gasteiger partial charge on any atom is -0.490 e. The summed E-state index contributed by atoms with van der Waals surface area (Å²) in [6.45, 7) is 1.80. The van der Waals surface area contributed by atoms with Crippen LogP contribution in [0.4, 0.5) is 19.0 Å². The molecule has 1 aromatic carbocycles. The summed E-state index contributed by atoms with van der Waals surface area (Å²) in [6, 6.07) is 3.53. The molecule has 1 atom stereocenters. The number of fused-ring (bicyclic) bond motifs is 1. The standard InChI is InChI=1S/C20H21ClF3N5O6/c21-15-7-14(1-2-16(15)35-20(22,23)24)34-13-3-5-27(6-4-13)10-18(30)25-12-8-28-9-17(29(31)32)26-19(28)33-11-12/h1-2,7,9,12-13H,3-6,8,10-11H2,(H,25,30)/t12-/m0/s1. The van der Waals surface area contributed by atoms with Crippen LogP contribution in [0.5, 0.6) is 17.5 Å². The van der Waals surface area contributed by atoms with Gasteiger partial charge in [-0.1, -0.05) is 11.6 Å². The minimum absolute atomic E-state index is 0.146. The summed E-state index contributed by atoms with van der Waals surface area (Å²) >= 11 is 5.86. The summed E-state index contributed by atoms with van der Waals surface area (Å²) in [5, 5.41) is 13.5. The molecule has 0 bridgehead atoms. The van der Waals surface area contributed by atoms with Crippen LogP contribution in [0, 0.1) is 10.1 Å². The number of carbonyl (C=O) groups is 1. The van der Waals surface area contributed by atoms with E-state index in [-0.39, 0.29) is 48.1 Å². The molecule has 1 saturated heterocycles. The third kappa shape index (κ3) is 6.66. The predicted molar refractivity (Wildman–Crippen MR) is 115 cm³/mol. The van der Waals surface area contributed by atoms with Crippen molar-refractivity contribution in [1.82, 2.24) is 19.8 Å². The van der Waals surface area contributed by atoms with E-state index in [1.807, 2.05) is 4.90 Å². The lowest BCUT2D eigenvalue weighted by atomic mass is 10.1. The van der Waals surface area contributed by atoms with Crippen LogP contribution >= 0.6 is 11.6 Å². The summed E-state index contributed by atoms with van der Waals surface area (Å²) < 4.78 is 53.6. The first-order valence-corrected chi connectivity index (χ1v) is 11.0. The number of likely N-dealkylation sites (tertiary alicyclic amines) is 1. The highest BCUT2D eigenvalue weighted by Gasteiger charge is 2.32. The Morgan fingerprint density at radius 3 is 2.74 bits per heavy atom. The van der Waals surface area contributed by atoms with Crippen molar-refractivity contribution in [2.45, 2.75) is 37.9 Å². The van der Waals surface area contributed by atoms with Crippen LogP contribution in [0.3, 0.4) is 0 Å². The lowest BCUT2D eigenvalue weighted by Gasteiger charge is -2.32. The molecule has 0 radical (unpaired) electrons. The molecule has 0 aliphatic carbocycles. The van der Waals surface area contributed by atoms with Gasteiger partial charge in [-0.2, -0.15) is 0 Å². The van der Waals surface area contributed by atoms with Crippen LogP contribution in [0.1, 0.15) is 12.8 Å². The van der Waals surface area contributed by atoms with Crippen molar-refractivity contribution in [3.63, 3.8) is 0 Å². The average Bonchev–Trinajstić information content (AvgIpc) is 3.20. The molecule has 2 aromatic rings. The molecule has 1 fully saturated rings. The Morgan fingerprint density at radius 1 is 1.34 bits per heavy atom. The molecule has 2 aliphatic heterocycles. The van der Waals surface area contributed by atoms with Crippen LogP contribution in [-0.2, 0) is 11.3 Å². The lowest BCUT2D eigenvalue weighted by Crippen LogP contribution is -2.49. The highest BCUT2D eigenvalue weighted by molar-refractivity contribution is 6.32. The molecule has 0 spiro atoms. The molecular formula is C20H21ClF3N5O6. The topological polar surface area (TPSA) is 121 Å². The molecule has 2 aliphatic rings. The summed E-state index contributed by atoms with van der Waals surface area (Å²) in [5.74, 6) is -0.691. The van der Waals surface area contributed by atoms with Crippen LogP contribution in [0.25, 0.3) is 0 Å². The van der Waals surface area contributed by atoms with Gasteiger partial charge in [-0.15, -0.1) is 13.2 Å². The van der Waals surface area contributed by atoms with Gasteiger partial charge in [0.1, 0.15) is 30.4 Å². The number of benzene rings is 1. The van der Waals surface area contributed by atoms with Gasteiger partial charge in [-0.3, -0.25) is 14.3 Å². The number of nitrogens with zero attached hydrogens (tertiary/aromatic N) is 4.